The number of aromatic nitrogens is 2. The molecule has 0 aliphatic carbocycles. The minimum atomic E-state index is 0.0201. The molecule has 2 N–H and O–H groups in total. The van der Waals surface area contributed by atoms with Gasteiger partial charge in [0.2, 0.25) is 0 Å². The average molecular weight is 211 g/mol. The Morgan fingerprint density at radius 1 is 1.46 bits per heavy atom. The van der Waals surface area contributed by atoms with Crippen LogP contribution in [-0.2, 0) is 0 Å². The Kier molecular flexibility index (Phi) is 2.39. The smallest absolute Gasteiger partial charge is 0.110 e. The molecular formula is C8H9N3S2. The van der Waals surface area contributed by atoms with Gasteiger partial charge in [0.1, 0.15) is 5.01 Å². The molecule has 2 rings (SSSR count). The highest BCUT2D eigenvalue weighted by atomic mass is 32.1. The fourth-order valence-electron chi connectivity index (χ4n) is 0.952. The normalized spacial score (nSPS) is 13.1. The summed E-state index contributed by atoms with van der Waals surface area (Å²) in [5.41, 5.74) is 8.51. The number of nitrogens with zero attached hydrogens (tertiary/aromatic N) is 2. The Bertz CT molecular complexity index is 378. The van der Waals surface area contributed by atoms with Gasteiger partial charge in [-0.15, -0.1) is 22.7 Å². The van der Waals surface area contributed by atoms with Crippen molar-refractivity contribution in [2.24, 2.45) is 5.73 Å². The van der Waals surface area contributed by atoms with Crippen LogP contribution in [0.25, 0.3) is 10.6 Å². The van der Waals surface area contributed by atoms with Crippen LogP contribution >= 0.6 is 22.7 Å². The lowest BCUT2D eigenvalue weighted by atomic mass is 10.4. The van der Waals surface area contributed by atoms with Crippen molar-refractivity contribution >= 4 is 22.7 Å². The highest BCUT2D eigenvalue weighted by Crippen LogP contribution is 2.26. The predicted octanol–water partition coefficient (Wildman–Crippen LogP) is 2.29. The summed E-state index contributed by atoms with van der Waals surface area (Å²) < 4.78 is 0. The number of nitrogens with two attached hydrogens (primary N) is 1. The summed E-state index contributed by atoms with van der Waals surface area (Å²) in [6, 6.07) is 0.0201. The van der Waals surface area contributed by atoms with E-state index >= 15 is 0 Å². The van der Waals surface area contributed by atoms with Crippen LogP contribution in [0.2, 0.25) is 0 Å². The summed E-state index contributed by atoms with van der Waals surface area (Å²) in [6.45, 7) is 1.94. The van der Waals surface area contributed by atoms with Gasteiger partial charge < -0.3 is 5.73 Å². The second-order valence-corrected chi connectivity index (χ2v) is 4.50. The van der Waals surface area contributed by atoms with E-state index < -0.39 is 0 Å². The van der Waals surface area contributed by atoms with Gasteiger partial charge in [0.05, 0.1) is 22.1 Å². The number of rotatable bonds is 2. The molecule has 0 aliphatic rings. The van der Waals surface area contributed by atoms with Crippen LogP contribution in [-0.4, -0.2) is 9.97 Å². The molecule has 0 saturated heterocycles. The summed E-state index contributed by atoms with van der Waals surface area (Å²) in [5.74, 6) is 0. The van der Waals surface area contributed by atoms with Crippen molar-refractivity contribution in [3.63, 3.8) is 0 Å². The quantitative estimate of drug-likeness (QED) is 0.829. The number of hydrogen-bond donors (Lipinski definition) is 1. The molecule has 5 heteroatoms. The molecule has 2 aromatic rings. The van der Waals surface area contributed by atoms with Crippen molar-refractivity contribution in [1.82, 2.24) is 9.97 Å². The Hall–Kier alpha value is -0.780. The van der Waals surface area contributed by atoms with Crippen molar-refractivity contribution in [3.05, 3.63) is 22.1 Å². The molecule has 13 heavy (non-hydrogen) atoms. The maximum absolute atomic E-state index is 5.72. The maximum atomic E-state index is 5.72. The Labute approximate surface area is 84.3 Å². The van der Waals surface area contributed by atoms with Gasteiger partial charge in [-0.25, -0.2) is 4.98 Å². The fourth-order valence-corrected chi connectivity index (χ4v) is 2.39. The van der Waals surface area contributed by atoms with Crippen LogP contribution in [0.1, 0.15) is 18.0 Å². The van der Waals surface area contributed by atoms with Crippen LogP contribution in [0.4, 0.5) is 0 Å². The molecule has 0 saturated carbocycles. The Balaban J connectivity index is 2.33. The molecule has 2 heterocycles. The minimum absolute atomic E-state index is 0.0201. The van der Waals surface area contributed by atoms with Crippen LogP contribution in [0, 0.1) is 0 Å². The van der Waals surface area contributed by atoms with E-state index in [1.807, 2.05) is 18.5 Å². The molecule has 0 radical (unpaired) electrons. The van der Waals surface area contributed by atoms with E-state index in [-0.39, 0.29) is 6.04 Å². The molecule has 0 amide bonds. The van der Waals surface area contributed by atoms with Gasteiger partial charge in [-0.05, 0) is 6.92 Å². The molecule has 1 unspecified atom stereocenters. The molecule has 68 valence electrons. The molecule has 3 nitrogen and oxygen atoms in total. The minimum Gasteiger partial charge on any atom is -0.322 e. The van der Waals surface area contributed by atoms with E-state index in [1.54, 1.807) is 28.2 Å². The van der Waals surface area contributed by atoms with E-state index in [1.165, 1.54) is 0 Å². The topological polar surface area (TPSA) is 51.8 Å². The van der Waals surface area contributed by atoms with Crippen LogP contribution in [0.15, 0.2) is 17.1 Å². The third-order valence-electron chi connectivity index (χ3n) is 1.60. The first-order valence-corrected chi connectivity index (χ1v) is 5.63. The zero-order valence-electron chi connectivity index (χ0n) is 7.10. The lowest BCUT2D eigenvalue weighted by molar-refractivity contribution is 0.808. The molecule has 0 aliphatic heterocycles. The van der Waals surface area contributed by atoms with Gasteiger partial charge >= 0.3 is 0 Å². The molecular weight excluding hydrogens is 202 g/mol. The number of hydrogen-bond acceptors (Lipinski definition) is 5. The van der Waals surface area contributed by atoms with Crippen molar-refractivity contribution in [3.8, 4) is 10.6 Å². The Morgan fingerprint density at radius 3 is 2.85 bits per heavy atom. The van der Waals surface area contributed by atoms with E-state index in [2.05, 4.69) is 9.97 Å². The summed E-state index contributed by atoms with van der Waals surface area (Å²) in [7, 11) is 0. The first kappa shape index (κ1) is 8.80. The third kappa shape index (κ3) is 1.77. The van der Waals surface area contributed by atoms with Gasteiger partial charge in [0, 0.05) is 11.6 Å². The van der Waals surface area contributed by atoms with E-state index in [4.69, 9.17) is 5.73 Å². The van der Waals surface area contributed by atoms with Gasteiger partial charge in [-0.2, -0.15) is 0 Å². The largest absolute Gasteiger partial charge is 0.322 e. The first-order valence-electron chi connectivity index (χ1n) is 3.87. The summed E-state index contributed by atoms with van der Waals surface area (Å²) >= 11 is 3.19. The lowest BCUT2D eigenvalue weighted by Crippen LogP contribution is -2.03. The predicted molar refractivity (Wildman–Crippen MR) is 55.8 cm³/mol. The lowest BCUT2D eigenvalue weighted by Gasteiger charge is -1.96. The fraction of sp³-hybridized carbons (Fsp3) is 0.250. The maximum Gasteiger partial charge on any atom is 0.110 e. The standard InChI is InChI=1S/C8H9N3S2/c1-5(9)8-11-6(3-12-8)7-2-10-4-13-7/h2-5H,9H2,1H3. The van der Waals surface area contributed by atoms with E-state index in [0.29, 0.717) is 0 Å². The highest BCUT2D eigenvalue weighted by molar-refractivity contribution is 7.14. The van der Waals surface area contributed by atoms with Gasteiger partial charge in [-0.1, -0.05) is 0 Å². The summed E-state index contributed by atoms with van der Waals surface area (Å²) in [6.07, 6.45) is 1.82. The van der Waals surface area contributed by atoms with E-state index in [0.717, 1.165) is 15.6 Å². The average Bonchev–Trinajstić information content (AvgIpc) is 2.75. The SMILES string of the molecule is CC(N)c1nc(-c2cncs2)cs1. The first-order chi connectivity index (χ1) is 6.27. The van der Waals surface area contributed by atoms with Crippen molar-refractivity contribution in [2.75, 3.05) is 0 Å². The van der Waals surface area contributed by atoms with Crippen molar-refractivity contribution in [1.29, 1.82) is 0 Å². The van der Waals surface area contributed by atoms with Crippen LogP contribution < -0.4 is 5.73 Å². The van der Waals surface area contributed by atoms with Crippen molar-refractivity contribution < 1.29 is 0 Å². The van der Waals surface area contributed by atoms with Gasteiger partial charge in [-0.3, -0.25) is 4.98 Å². The molecule has 0 fully saturated rings. The highest BCUT2D eigenvalue weighted by Gasteiger charge is 2.08. The third-order valence-corrected chi connectivity index (χ3v) is 3.44. The Morgan fingerprint density at radius 2 is 2.31 bits per heavy atom. The second-order valence-electron chi connectivity index (χ2n) is 2.73. The molecule has 0 bridgehead atoms. The van der Waals surface area contributed by atoms with Crippen molar-refractivity contribution in [2.45, 2.75) is 13.0 Å². The zero-order valence-corrected chi connectivity index (χ0v) is 8.73. The second kappa shape index (κ2) is 3.53. The summed E-state index contributed by atoms with van der Waals surface area (Å²) in [5, 5.41) is 3.00. The monoisotopic (exact) mass is 211 g/mol. The van der Waals surface area contributed by atoms with Crippen LogP contribution in [0.5, 0.6) is 0 Å². The van der Waals surface area contributed by atoms with E-state index in [9.17, 15) is 0 Å². The molecule has 2 aromatic heterocycles. The van der Waals surface area contributed by atoms with Crippen LogP contribution in [0.3, 0.4) is 0 Å². The summed E-state index contributed by atoms with van der Waals surface area (Å²) in [4.78, 5) is 9.52. The molecule has 1 atom stereocenters. The zero-order chi connectivity index (χ0) is 9.26. The number of thiazole rings is 2. The van der Waals surface area contributed by atoms with Gasteiger partial charge in [0.15, 0.2) is 0 Å². The molecule has 0 spiro atoms. The molecule has 0 aromatic carbocycles. The van der Waals surface area contributed by atoms with Gasteiger partial charge in [0.25, 0.3) is 0 Å².